The van der Waals surface area contributed by atoms with Crippen molar-refractivity contribution in [2.45, 2.75) is 66.8 Å². The van der Waals surface area contributed by atoms with E-state index < -0.39 is 0 Å². The van der Waals surface area contributed by atoms with E-state index in [1.54, 1.807) is 0 Å². The molecule has 1 aliphatic rings. The molecule has 0 unspecified atom stereocenters. The van der Waals surface area contributed by atoms with Crippen molar-refractivity contribution in [2.24, 2.45) is 5.92 Å². The highest BCUT2D eigenvalue weighted by Crippen LogP contribution is 2.27. The lowest BCUT2D eigenvalue weighted by atomic mass is 9.98. The number of carbonyl (C=O) groups excluding carboxylic acids is 1. The van der Waals surface area contributed by atoms with E-state index in [-0.39, 0.29) is 11.5 Å². The average Bonchev–Trinajstić information content (AvgIpc) is 3.11. The van der Waals surface area contributed by atoms with Crippen molar-refractivity contribution < 1.29 is 4.79 Å². The molecule has 170 valence electrons. The van der Waals surface area contributed by atoms with Crippen LogP contribution in [0.25, 0.3) is 16.7 Å². The van der Waals surface area contributed by atoms with Gasteiger partial charge in [-0.05, 0) is 76.1 Å². The smallest absolute Gasteiger partial charge is 0.255 e. The zero-order valence-corrected chi connectivity index (χ0v) is 19.9. The first kappa shape index (κ1) is 22.3. The Morgan fingerprint density at radius 3 is 2.53 bits per heavy atom. The molecule has 6 nitrogen and oxygen atoms in total. The summed E-state index contributed by atoms with van der Waals surface area (Å²) in [5.41, 5.74) is 5.51. The second-order valence-electron chi connectivity index (χ2n) is 9.25. The lowest BCUT2D eigenvalue weighted by Gasteiger charge is -2.30. The van der Waals surface area contributed by atoms with Gasteiger partial charge in [-0.15, -0.1) is 0 Å². The van der Waals surface area contributed by atoms with Gasteiger partial charge < -0.3 is 4.90 Å². The average molecular weight is 435 g/mol. The van der Waals surface area contributed by atoms with Crippen LogP contribution < -0.4 is 5.56 Å². The summed E-state index contributed by atoms with van der Waals surface area (Å²) in [5, 5.41) is 5.83. The summed E-state index contributed by atoms with van der Waals surface area (Å²) in [7, 11) is 0. The SMILES string of the molecule is CCn1c(=O)c(CCC(=O)N2CCC(C)CC2)c(C)c2c(C)nn(-c3cccc(C)c3)c21. The van der Waals surface area contributed by atoms with Crippen LogP contribution in [0.2, 0.25) is 0 Å². The Kier molecular flexibility index (Phi) is 6.22. The van der Waals surface area contributed by atoms with Crippen molar-refractivity contribution in [2.75, 3.05) is 13.1 Å². The monoisotopic (exact) mass is 434 g/mol. The number of hydrogen-bond donors (Lipinski definition) is 0. The first-order valence-corrected chi connectivity index (χ1v) is 11.8. The van der Waals surface area contributed by atoms with E-state index in [1.807, 2.05) is 47.1 Å². The third-order valence-corrected chi connectivity index (χ3v) is 6.91. The maximum atomic E-state index is 13.5. The van der Waals surface area contributed by atoms with Crippen molar-refractivity contribution in [1.82, 2.24) is 19.2 Å². The van der Waals surface area contributed by atoms with Crippen LogP contribution in [0.15, 0.2) is 29.1 Å². The topological polar surface area (TPSA) is 60.1 Å². The number of amides is 1. The maximum absolute atomic E-state index is 13.5. The van der Waals surface area contributed by atoms with E-state index in [0.29, 0.717) is 25.3 Å². The van der Waals surface area contributed by atoms with Crippen LogP contribution in [0, 0.1) is 26.7 Å². The van der Waals surface area contributed by atoms with Crippen LogP contribution in [0.4, 0.5) is 0 Å². The third-order valence-electron chi connectivity index (χ3n) is 6.91. The van der Waals surface area contributed by atoms with Gasteiger partial charge in [-0.3, -0.25) is 14.2 Å². The lowest BCUT2D eigenvalue weighted by Crippen LogP contribution is -2.38. The quantitative estimate of drug-likeness (QED) is 0.601. The minimum atomic E-state index is -0.00799. The molecule has 1 aliphatic heterocycles. The number of carbonyl (C=O) groups is 1. The van der Waals surface area contributed by atoms with Gasteiger partial charge in [-0.25, -0.2) is 4.68 Å². The molecule has 0 atom stereocenters. The number of aryl methyl sites for hydroxylation is 4. The lowest BCUT2D eigenvalue weighted by molar-refractivity contribution is -0.132. The molecule has 0 bridgehead atoms. The van der Waals surface area contributed by atoms with E-state index in [1.165, 1.54) is 0 Å². The Labute approximate surface area is 189 Å². The maximum Gasteiger partial charge on any atom is 0.255 e. The van der Waals surface area contributed by atoms with Gasteiger partial charge >= 0.3 is 0 Å². The third kappa shape index (κ3) is 3.98. The van der Waals surface area contributed by atoms with Crippen molar-refractivity contribution in [3.05, 3.63) is 57.0 Å². The number of rotatable bonds is 5. The molecule has 1 saturated heterocycles. The van der Waals surface area contributed by atoms with E-state index in [2.05, 4.69) is 26.0 Å². The van der Waals surface area contributed by atoms with Gasteiger partial charge in [0.05, 0.1) is 11.4 Å². The first-order chi connectivity index (χ1) is 15.3. The normalized spacial score (nSPS) is 15.0. The van der Waals surface area contributed by atoms with Crippen LogP contribution in [0.5, 0.6) is 0 Å². The molecule has 0 radical (unpaired) electrons. The Morgan fingerprint density at radius 1 is 1.16 bits per heavy atom. The number of nitrogens with zero attached hydrogens (tertiary/aromatic N) is 4. The van der Waals surface area contributed by atoms with Gasteiger partial charge in [-0.1, -0.05) is 19.1 Å². The van der Waals surface area contributed by atoms with Crippen molar-refractivity contribution >= 4 is 16.9 Å². The molecule has 1 aromatic carbocycles. The van der Waals surface area contributed by atoms with Crippen LogP contribution >= 0.6 is 0 Å². The van der Waals surface area contributed by atoms with Gasteiger partial charge in [0.25, 0.3) is 5.56 Å². The fraction of sp³-hybridized carbons (Fsp3) is 0.500. The van der Waals surface area contributed by atoms with Crippen LogP contribution in [0.3, 0.4) is 0 Å². The standard InChI is InChI=1S/C26H34N4O2/c1-6-29-25-24(20(5)27-30(25)21-9-7-8-18(3)16-21)19(4)22(26(29)32)10-11-23(31)28-14-12-17(2)13-15-28/h7-9,16-17H,6,10-15H2,1-5H3. The van der Waals surface area contributed by atoms with Gasteiger partial charge in [0, 0.05) is 37.0 Å². The molecule has 0 saturated carbocycles. The molecule has 32 heavy (non-hydrogen) atoms. The fourth-order valence-electron chi connectivity index (χ4n) is 4.95. The van der Waals surface area contributed by atoms with E-state index in [9.17, 15) is 9.59 Å². The second kappa shape index (κ2) is 8.93. The van der Waals surface area contributed by atoms with Crippen molar-refractivity contribution in [3.63, 3.8) is 0 Å². The van der Waals surface area contributed by atoms with E-state index in [0.717, 1.165) is 65.0 Å². The predicted molar refractivity (Wildman–Crippen MR) is 129 cm³/mol. The van der Waals surface area contributed by atoms with Crippen molar-refractivity contribution in [1.29, 1.82) is 0 Å². The summed E-state index contributed by atoms with van der Waals surface area (Å²) in [6, 6.07) is 8.16. The van der Waals surface area contributed by atoms with Crippen LogP contribution in [-0.4, -0.2) is 38.2 Å². The molecular formula is C26H34N4O2. The van der Waals surface area contributed by atoms with Gasteiger partial charge in [0.1, 0.15) is 5.65 Å². The number of piperidine rings is 1. The van der Waals surface area contributed by atoms with Crippen LogP contribution in [-0.2, 0) is 17.8 Å². The van der Waals surface area contributed by atoms with E-state index >= 15 is 0 Å². The summed E-state index contributed by atoms with van der Waals surface area (Å²) < 4.78 is 3.70. The predicted octanol–water partition coefficient (Wildman–Crippen LogP) is 4.32. The highest BCUT2D eigenvalue weighted by molar-refractivity contribution is 5.85. The minimum Gasteiger partial charge on any atom is -0.343 e. The molecule has 4 rings (SSSR count). The van der Waals surface area contributed by atoms with Gasteiger partial charge in [-0.2, -0.15) is 5.10 Å². The summed E-state index contributed by atoms with van der Waals surface area (Å²) in [6.07, 6.45) is 2.98. The van der Waals surface area contributed by atoms with E-state index in [4.69, 9.17) is 5.10 Å². The summed E-state index contributed by atoms with van der Waals surface area (Å²) in [5.74, 6) is 0.847. The molecule has 1 amide bonds. The molecule has 2 aromatic heterocycles. The number of hydrogen-bond acceptors (Lipinski definition) is 3. The zero-order valence-electron chi connectivity index (χ0n) is 19.9. The Bertz CT molecular complexity index is 1210. The second-order valence-corrected chi connectivity index (χ2v) is 9.25. The Hall–Kier alpha value is -2.89. The highest BCUT2D eigenvalue weighted by atomic mass is 16.2. The minimum absolute atomic E-state index is 0.00799. The number of aromatic nitrogens is 3. The molecule has 3 heterocycles. The number of pyridine rings is 1. The molecular weight excluding hydrogens is 400 g/mol. The molecule has 0 aliphatic carbocycles. The number of fused-ring (bicyclic) bond motifs is 1. The Morgan fingerprint density at radius 2 is 1.88 bits per heavy atom. The molecule has 6 heteroatoms. The highest BCUT2D eigenvalue weighted by Gasteiger charge is 2.23. The first-order valence-electron chi connectivity index (χ1n) is 11.8. The summed E-state index contributed by atoms with van der Waals surface area (Å²) >= 11 is 0. The zero-order chi connectivity index (χ0) is 23.0. The number of likely N-dealkylation sites (tertiary alicyclic amines) is 1. The molecule has 0 spiro atoms. The fourth-order valence-corrected chi connectivity index (χ4v) is 4.95. The van der Waals surface area contributed by atoms with Gasteiger partial charge in [0.2, 0.25) is 5.91 Å². The molecule has 1 fully saturated rings. The van der Waals surface area contributed by atoms with Crippen molar-refractivity contribution in [3.8, 4) is 5.69 Å². The summed E-state index contributed by atoms with van der Waals surface area (Å²) in [6.45, 7) is 12.5. The molecule has 0 N–H and O–H groups in total. The molecule has 3 aromatic rings. The number of benzene rings is 1. The summed E-state index contributed by atoms with van der Waals surface area (Å²) in [4.78, 5) is 28.3. The van der Waals surface area contributed by atoms with Crippen LogP contribution in [0.1, 0.15) is 55.5 Å². The largest absolute Gasteiger partial charge is 0.343 e. The van der Waals surface area contributed by atoms with Gasteiger partial charge in [0.15, 0.2) is 0 Å². The Balaban J connectivity index is 1.73.